The van der Waals surface area contributed by atoms with Gasteiger partial charge >= 0.3 is 5.97 Å². The Bertz CT molecular complexity index is 658. The van der Waals surface area contributed by atoms with Crippen LogP contribution in [0.2, 0.25) is 0 Å². The SMILES string of the molecule is CCc1cc(C(=O)O)cc(N(C)Cc2cccc(F)c2)n1. The molecule has 0 bridgehead atoms. The summed E-state index contributed by atoms with van der Waals surface area (Å²) in [4.78, 5) is 17.4. The standard InChI is InChI=1S/C16H17FN2O2/c1-3-14-8-12(16(20)21)9-15(18-14)19(2)10-11-5-4-6-13(17)7-11/h4-9H,3,10H2,1-2H3,(H,20,21). The molecule has 1 aromatic carbocycles. The Hall–Kier alpha value is -2.43. The van der Waals surface area contributed by atoms with Crippen LogP contribution in [-0.4, -0.2) is 23.1 Å². The van der Waals surface area contributed by atoms with Crippen molar-refractivity contribution in [2.24, 2.45) is 0 Å². The van der Waals surface area contributed by atoms with E-state index in [1.165, 1.54) is 18.2 Å². The zero-order chi connectivity index (χ0) is 15.4. The molecule has 0 saturated heterocycles. The van der Waals surface area contributed by atoms with E-state index >= 15 is 0 Å². The number of aromatic nitrogens is 1. The van der Waals surface area contributed by atoms with Crippen LogP contribution >= 0.6 is 0 Å². The van der Waals surface area contributed by atoms with E-state index in [4.69, 9.17) is 5.11 Å². The maximum atomic E-state index is 13.2. The molecule has 2 rings (SSSR count). The number of aromatic carboxylic acids is 1. The van der Waals surface area contributed by atoms with Crippen LogP contribution in [0.5, 0.6) is 0 Å². The van der Waals surface area contributed by atoms with Gasteiger partial charge in [0.2, 0.25) is 0 Å². The monoisotopic (exact) mass is 288 g/mol. The van der Waals surface area contributed by atoms with Crippen LogP contribution in [0.4, 0.5) is 10.2 Å². The number of hydrogen-bond acceptors (Lipinski definition) is 3. The molecule has 1 aromatic heterocycles. The second-order valence-electron chi connectivity index (χ2n) is 4.85. The first-order valence-electron chi connectivity index (χ1n) is 6.69. The maximum Gasteiger partial charge on any atom is 0.335 e. The number of rotatable bonds is 5. The Morgan fingerprint density at radius 1 is 1.33 bits per heavy atom. The van der Waals surface area contributed by atoms with Crippen LogP contribution in [-0.2, 0) is 13.0 Å². The first-order chi connectivity index (χ1) is 9.99. The van der Waals surface area contributed by atoms with Crippen molar-refractivity contribution in [2.75, 3.05) is 11.9 Å². The van der Waals surface area contributed by atoms with Gasteiger partial charge in [-0.1, -0.05) is 19.1 Å². The molecule has 0 aliphatic rings. The van der Waals surface area contributed by atoms with Crippen molar-refractivity contribution < 1.29 is 14.3 Å². The van der Waals surface area contributed by atoms with Gasteiger partial charge in [0.1, 0.15) is 11.6 Å². The summed E-state index contributed by atoms with van der Waals surface area (Å²) in [5.41, 5.74) is 1.73. The number of nitrogens with zero attached hydrogens (tertiary/aromatic N) is 2. The summed E-state index contributed by atoms with van der Waals surface area (Å²) < 4.78 is 13.2. The topological polar surface area (TPSA) is 53.4 Å². The smallest absolute Gasteiger partial charge is 0.335 e. The molecule has 21 heavy (non-hydrogen) atoms. The number of hydrogen-bond donors (Lipinski definition) is 1. The lowest BCUT2D eigenvalue weighted by Crippen LogP contribution is -2.19. The van der Waals surface area contributed by atoms with Crippen LogP contribution < -0.4 is 4.90 Å². The van der Waals surface area contributed by atoms with Gasteiger partial charge in [-0.05, 0) is 36.2 Å². The van der Waals surface area contributed by atoms with Gasteiger partial charge < -0.3 is 10.0 Å². The normalized spacial score (nSPS) is 10.4. The predicted octanol–water partition coefficient (Wildman–Crippen LogP) is 3.12. The van der Waals surface area contributed by atoms with Crippen LogP contribution in [0.1, 0.15) is 28.5 Å². The summed E-state index contributed by atoms with van der Waals surface area (Å²) in [6.07, 6.45) is 0.655. The molecule has 0 saturated carbocycles. The zero-order valence-electron chi connectivity index (χ0n) is 12.0. The van der Waals surface area contributed by atoms with Crippen molar-refractivity contribution in [2.45, 2.75) is 19.9 Å². The fraction of sp³-hybridized carbons (Fsp3) is 0.250. The predicted molar refractivity (Wildman–Crippen MR) is 79.1 cm³/mol. The highest BCUT2D eigenvalue weighted by molar-refractivity contribution is 5.88. The van der Waals surface area contributed by atoms with E-state index in [1.807, 2.05) is 13.0 Å². The van der Waals surface area contributed by atoms with Gasteiger partial charge in [-0.25, -0.2) is 14.2 Å². The van der Waals surface area contributed by atoms with Crippen LogP contribution in [0.3, 0.4) is 0 Å². The molecule has 1 heterocycles. The van der Waals surface area contributed by atoms with E-state index in [2.05, 4.69) is 4.98 Å². The molecular weight excluding hydrogens is 271 g/mol. The number of pyridine rings is 1. The molecule has 0 unspecified atom stereocenters. The van der Waals surface area contributed by atoms with Gasteiger partial charge in [-0.2, -0.15) is 0 Å². The molecule has 5 heteroatoms. The Kier molecular flexibility index (Phi) is 4.52. The molecular formula is C16H17FN2O2. The van der Waals surface area contributed by atoms with Gasteiger partial charge in [0, 0.05) is 19.3 Å². The fourth-order valence-corrected chi connectivity index (χ4v) is 2.06. The van der Waals surface area contributed by atoms with E-state index in [0.29, 0.717) is 18.8 Å². The third-order valence-corrected chi connectivity index (χ3v) is 3.17. The highest BCUT2D eigenvalue weighted by atomic mass is 19.1. The molecule has 1 N–H and O–H groups in total. The third kappa shape index (κ3) is 3.78. The second-order valence-corrected chi connectivity index (χ2v) is 4.85. The summed E-state index contributed by atoms with van der Waals surface area (Å²) in [7, 11) is 1.80. The Morgan fingerprint density at radius 3 is 2.71 bits per heavy atom. The third-order valence-electron chi connectivity index (χ3n) is 3.17. The number of benzene rings is 1. The van der Waals surface area contributed by atoms with E-state index < -0.39 is 5.97 Å². The van der Waals surface area contributed by atoms with Gasteiger partial charge in [0.25, 0.3) is 0 Å². The van der Waals surface area contributed by atoms with Crippen molar-refractivity contribution in [3.63, 3.8) is 0 Å². The molecule has 0 spiro atoms. The first kappa shape index (κ1) is 15.0. The van der Waals surface area contributed by atoms with Gasteiger partial charge in [0.05, 0.1) is 5.56 Å². The summed E-state index contributed by atoms with van der Waals surface area (Å²) in [6, 6.07) is 9.42. The number of carboxylic acids is 1. The number of carboxylic acid groups (broad SMARTS) is 1. The van der Waals surface area contributed by atoms with Gasteiger partial charge in [-0.15, -0.1) is 0 Å². The Balaban J connectivity index is 2.27. The molecule has 0 radical (unpaired) electrons. The zero-order valence-corrected chi connectivity index (χ0v) is 12.0. The fourth-order valence-electron chi connectivity index (χ4n) is 2.06. The summed E-state index contributed by atoms with van der Waals surface area (Å²) >= 11 is 0. The lowest BCUT2D eigenvalue weighted by Gasteiger charge is -2.19. The minimum atomic E-state index is -0.979. The average Bonchev–Trinajstić information content (AvgIpc) is 2.46. The highest BCUT2D eigenvalue weighted by Gasteiger charge is 2.11. The molecule has 0 amide bonds. The summed E-state index contributed by atoms with van der Waals surface area (Å²) in [6.45, 7) is 2.38. The quantitative estimate of drug-likeness (QED) is 0.918. The van der Waals surface area contributed by atoms with Crippen LogP contribution in [0.15, 0.2) is 36.4 Å². The molecule has 0 fully saturated rings. The molecule has 110 valence electrons. The molecule has 2 aromatic rings. The summed E-state index contributed by atoms with van der Waals surface area (Å²) in [5.74, 6) is -0.703. The van der Waals surface area contributed by atoms with Crippen molar-refractivity contribution in [3.8, 4) is 0 Å². The maximum absolute atomic E-state index is 13.2. The summed E-state index contributed by atoms with van der Waals surface area (Å²) in [5, 5.41) is 9.14. The van der Waals surface area contributed by atoms with E-state index in [9.17, 15) is 9.18 Å². The number of halogens is 1. The minimum absolute atomic E-state index is 0.211. The first-order valence-corrected chi connectivity index (χ1v) is 6.69. The van der Waals surface area contributed by atoms with Crippen LogP contribution in [0.25, 0.3) is 0 Å². The van der Waals surface area contributed by atoms with Gasteiger partial charge in [-0.3, -0.25) is 0 Å². The molecule has 0 atom stereocenters. The largest absolute Gasteiger partial charge is 0.478 e. The molecule has 4 nitrogen and oxygen atoms in total. The number of aryl methyl sites for hydroxylation is 1. The minimum Gasteiger partial charge on any atom is -0.478 e. The Morgan fingerprint density at radius 2 is 2.10 bits per heavy atom. The highest BCUT2D eigenvalue weighted by Crippen LogP contribution is 2.17. The lowest BCUT2D eigenvalue weighted by molar-refractivity contribution is 0.0696. The van der Waals surface area contributed by atoms with E-state index in [0.717, 1.165) is 11.3 Å². The number of anilines is 1. The number of carbonyl (C=O) groups is 1. The van der Waals surface area contributed by atoms with E-state index in [1.54, 1.807) is 24.1 Å². The average molecular weight is 288 g/mol. The second kappa shape index (κ2) is 6.35. The molecule has 0 aliphatic heterocycles. The van der Waals surface area contributed by atoms with Crippen molar-refractivity contribution >= 4 is 11.8 Å². The lowest BCUT2D eigenvalue weighted by atomic mass is 10.1. The molecule has 0 aliphatic carbocycles. The van der Waals surface area contributed by atoms with Gasteiger partial charge in [0.15, 0.2) is 0 Å². The van der Waals surface area contributed by atoms with Crippen LogP contribution in [0, 0.1) is 5.82 Å². The van der Waals surface area contributed by atoms with Crippen molar-refractivity contribution in [1.82, 2.24) is 4.98 Å². The Labute approximate surface area is 122 Å². The van der Waals surface area contributed by atoms with Crippen molar-refractivity contribution in [3.05, 3.63) is 59.0 Å². The van der Waals surface area contributed by atoms with Crippen molar-refractivity contribution in [1.29, 1.82) is 0 Å². The van der Waals surface area contributed by atoms with E-state index in [-0.39, 0.29) is 11.4 Å².